The summed E-state index contributed by atoms with van der Waals surface area (Å²) in [7, 11) is 0. The molecule has 0 atom stereocenters. The second-order valence-corrected chi connectivity index (χ2v) is 7.07. The Morgan fingerprint density at radius 2 is 2.05 bits per heavy atom. The molecule has 0 aliphatic heterocycles. The molecule has 3 aliphatic carbocycles. The number of anilines is 2. The van der Waals surface area contributed by atoms with Crippen molar-refractivity contribution in [1.29, 1.82) is 0 Å². The van der Waals surface area contributed by atoms with Crippen LogP contribution in [-0.4, -0.2) is 28.9 Å². The molecule has 6 heteroatoms. The molecule has 1 aromatic heterocycles. The molecule has 108 valence electrons. The molecule has 0 saturated heterocycles. The van der Waals surface area contributed by atoms with Crippen molar-refractivity contribution in [3.8, 4) is 0 Å². The highest BCUT2D eigenvalue weighted by molar-refractivity contribution is 7.11. The predicted molar refractivity (Wildman–Crippen MR) is 80.1 cm³/mol. The lowest BCUT2D eigenvalue weighted by molar-refractivity contribution is 0.0952. The molecule has 4 rings (SSSR count). The van der Waals surface area contributed by atoms with Gasteiger partial charge in [-0.3, -0.25) is 4.79 Å². The largest absolute Gasteiger partial charge is 0.382 e. The Balaban J connectivity index is 1.59. The Morgan fingerprint density at radius 3 is 2.65 bits per heavy atom. The number of nitrogen functional groups attached to an aromatic ring is 1. The highest BCUT2D eigenvalue weighted by Crippen LogP contribution is 2.42. The van der Waals surface area contributed by atoms with E-state index in [2.05, 4.69) is 14.6 Å². The first-order valence-corrected chi connectivity index (χ1v) is 8.32. The van der Waals surface area contributed by atoms with Crippen LogP contribution in [0.25, 0.3) is 0 Å². The van der Waals surface area contributed by atoms with Gasteiger partial charge < -0.3 is 16.0 Å². The van der Waals surface area contributed by atoms with Gasteiger partial charge in [-0.25, -0.2) is 0 Å². The van der Waals surface area contributed by atoms with Gasteiger partial charge in [0.2, 0.25) is 0 Å². The van der Waals surface area contributed by atoms with Crippen molar-refractivity contribution in [3.05, 3.63) is 5.56 Å². The van der Waals surface area contributed by atoms with Gasteiger partial charge in [-0.15, -0.1) is 0 Å². The Hall–Kier alpha value is -1.30. The molecule has 0 bridgehead atoms. The van der Waals surface area contributed by atoms with Crippen LogP contribution in [0.2, 0.25) is 0 Å². The fourth-order valence-corrected chi connectivity index (χ4v) is 3.44. The van der Waals surface area contributed by atoms with Crippen molar-refractivity contribution in [2.45, 2.75) is 50.6 Å². The van der Waals surface area contributed by atoms with Gasteiger partial charge in [-0.2, -0.15) is 4.37 Å². The molecule has 0 aromatic carbocycles. The standard InChI is InChI=1S/C14H20N4OS/c15-12-11(13(19)16-9-3-4-9)14(20-17-12)18(10-5-6-10)7-8-1-2-8/h8-10H,1-7H2,(H2,15,17)(H,16,19). The molecule has 20 heavy (non-hydrogen) atoms. The van der Waals surface area contributed by atoms with Crippen LogP contribution in [0.1, 0.15) is 48.9 Å². The molecule has 3 fully saturated rings. The highest BCUT2D eigenvalue weighted by atomic mass is 32.1. The molecule has 3 aliphatic rings. The number of amides is 1. The summed E-state index contributed by atoms with van der Waals surface area (Å²) in [6.45, 7) is 1.07. The molecule has 0 radical (unpaired) electrons. The van der Waals surface area contributed by atoms with E-state index < -0.39 is 0 Å². The van der Waals surface area contributed by atoms with Gasteiger partial charge in [-0.05, 0) is 56.0 Å². The molecule has 0 spiro atoms. The lowest BCUT2D eigenvalue weighted by atomic mass is 10.2. The first-order valence-electron chi connectivity index (χ1n) is 7.55. The monoisotopic (exact) mass is 292 g/mol. The fourth-order valence-electron chi connectivity index (χ4n) is 2.55. The van der Waals surface area contributed by atoms with Crippen molar-refractivity contribution < 1.29 is 4.79 Å². The van der Waals surface area contributed by atoms with E-state index >= 15 is 0 Å². The van der Waals surface area contributed by atoms with E-state index in [1.54, 1.807) is 0 Å². The number of carbonyl (C=O) groups excluding carboxylic acids is 1. The van der Waals surface area contributed by atoms with Crippen LogP contribution < -0.4 is 16.0 Å². The Kier molecular flexibility index (Phi) is 2.87. The predicted octanol–water partition coefficient (Wildman–Crippen LogP) is 2.00. The average Bonchev–Trinajstić information content (AvgIpc) is 3.24. The van der Waals surface area contributed by atoms with Crippen LogP contribution in [0.15, 0.2) is 0 Å². The summed E-state index contributed by atoms with van der Waals surface area (Å²) >= 11 is 1.39. The van der Waals surface area contributed by atoms with Crippen LogP contribution in [0.4, 0.5) is 10.8 Å². The van der Waals surface area contributed by atoms with Crippen molar-refractivity contribution in [2.24, 2.45) is 5.92 Å². The molecule has 1 heterocycles. The third-order valence-electron chi connectivity index (χ3n) is 4.24. The molecule has 3 N–H and O–H groups in total. The fraction of sp³-hybridized carbons (Fsp3) is 0.714. The summed E-state index contributed by atoms with van der Waals surface area (Å²) in [5.41, 5.74) is 6.57. The zero-order valence-corrected chi connectivity index (χ0v) is 12.3. The van der Waals surface area contributed by atoms with Gasteiger partial charge in [0, 0.05) is 18.6 Å². The van der Waals surface area contributed by atoms with Gasteiger partial charge >= 0.3 is 0 Å². The SMILES string of the molecule is Nc1nsc(N(CC2CC2)C2CC2)c1C(=O)NC1CC1. The molecule has 1 aromatic rings. The van der Waals surface area contributed by atoms with E-state index in [-0.39, 0.29) is 5.91 Å². The Bertz CT molecular complexity index is 531. The summed E-state index contributed by atoms with van der Waals surface area (Å²) in [5.74, 6) is 1.16. The minimum atomic E-state index is -0.0322. The average molecular weight is 292 g/mol. The van der Waals surface area contributed by atoms with Crippen LogP contribution in [0, 0.1) is 5.92 Å². The first kappa shape index (κ1) is 12.4. The third-order valence-corrected chi connectivity index (χ3v) is 5.14. The van der Waals surface area contributed by atoms with Crippen molar-refractivity contribution in [1.82, 2.24) is 9.69 Å². The maximum absolute atomic E-state index is 12.4. The summed E-state index contributed by atoms with van der Waals surface area (Å²) in [4.78, 5) is 14.8. The summed E-state index contributed by atoms with van der Waals surface area (Å²) in [5, 5.41) is 4.04. The quantitative estimate of drug-likeness (QED) is 0.841. The molecular formula is C14H20N4OS. The van der Waals surface area contributed by atoms with E-state index in [1.165, 1.54) is 37.2 Å². The zero-order chi connectivity index (χ0) is 13.7. The second-order valence-electron chi connectivity index (χ2n) is 6.32. The molecule has 0 unspecified atom stereocenters. The molecular weight excluding hydrogens is 272 g/mol. The summed E-state index contributed by atoms with van der Waals surface area (Å²) in [6.07, 6.45) is 7.28. The number of hydrogen-bond donors (Lipinski definition) is 2. The van der Waals surface area contributed by atoms with Gasteiger partial charge in [0.25, 0.3) is 5.91 Å². The van der Waals surface area contributed by atoms with Gasteiger partial charge in [0.15, 0.2) is 5.82 Å². The minimum Gasteiger partial charge on any atom is -0.382 e. The molecule has 5 nitrogen and oxygen atoms in total. The minimum absolute atomic E-state index is 0.0322. The van der Waals surface area contributed by atoms with E-state index in [0.29, 0.717) is 23.5 Å². The summed E-state index contributed by atoms with van der Waals surface area (Å²) < 4.78 is 4.24. The number of nitrogens with two attached hydrogens (primary N) is 1. The smallest absolute Gasteiger partial charge is 0.258 e. The van der Waals surface area contributed by atoms with E-state index in [4.69, 9.17) is 5.73 Å². The van der Waals surface area contributed by atoms with E-state index in [9.17, 15) is 4.79 Å². The van der Waals surface area contributed by atoms with Crippen LogP contribution in [0.3, 0.4) is 0 Å². The number of hydrogen-bond acceptors (Lipinski definition) is 5. The van der Waals surface area contributed by atoms with Crippen molar-refractivity contribution in [2.75, 3.05) is 17.2 Å². The lowest BCUT2D eigenvalue weighted by Crippen LogP contribution is -2.32. The van der Waals surface area contributed by atoms with Crippen LogP contribution in [0.5, 0.6) is 0 Å². The highest BCUT2D eigenvalue weighted by Gasteiger charge is 2.38. The van der Waals surface area contributed by atoms with Crippen LogP contribution >= 0.6 is 11.5 Å². The van der Waals surface area contributed by atoms with Crippen molar-refractivity contribution >= 4 is 28.3 Å². The number of nitrogens with one attached hydrogen (secondary N) is 1. The van der Waals surface area contributed by atoms with Gasteiger partial charge in [0.05, 0.1) is 0 Å². The summed E-state index contributed by atoms with van der Waals surface area (Å²) in [6, 6.07) is 0.954. The number of rotatable bonds is 6. The maximum atomic E-state index is 12.4. The molecule has 3 saturated carbocycles. The zero-order valence-electron chi connectivity index (χ0n) is 11.5. The third kappa shape index (κ3) is 2.49. The topological polar surface area (TPSA) is 71.2 Å². The molecule has 1 amide bonds. The van der Waals surface area contributed by atoms with Crippen LogP contribution in [-0.2, 0) is 0 Å². The first-order chi connectivity index (χ1) is 9.72. The lowest BCUT2D eigenvalue weighted by Gasteiger charge is -2.23. The number of aromatic nitrogens is 1. The normalized spacial score (nSPS) is 21.8. The van der Waals surface area contributed by atoms with E-state index in [1.807, 2.05) is 0 Å². The maximum Gasteiger partial charge on any atom is 0.258 e. The van der Waals surface area contributed by atoms with Gasteiger partial charge in [0.1, 0.15) is 10.6 Å². The van der Waals surface area contributed by atoms with Gasteiger partial charge in [-0.1, -0.05) is 0 Å². The Labute approximate surface area is 122 Å². The van der Waals surface area contributed by atoms with Crippen molar-refractivity contribution in [3.63, 3.8) is 0 Å². The number of nitrogens with zero attached hydrogens (tertiary/aromatic N) is 2. The van der Waals surface area contributed by atoms with E-state index in [0.717, 1.165) is 30.3 Å². The Morgan fingerprint density at radius 1 is 1.30 bits per heavy atom. The second kappa shape index (κ2) is 4.62. The number of carbonyl (C=O) groups is 1.